The SMILES string of the molecule is O=C(O)c1cccc(-c2ccc3c(c2)CCC(c2cc(F)c(F)cc2F)O3)c1. The number of carbonyl (C=O) groups is 1. The van der Waals surface area contributed by atoms with Gasteiger partial charge in [0.05, 0.1) is 5.56 Å². The molecule has 0 aromatic heterocycles. The molecule has 0 bridgehead atoms. The van der Waals surface area contributed by atoms with Crippen LogP contribution in [0.2, 0.25) is 0 Å². The first-order chi connectivity index (χ1) is 13.4. The number of hydrogen-bond donors (Lipinski definition) is 1. The van der Waals surface area contributed by atoms with Gasteiger partial charge in [0, 0.05) is 11.6 Å². The van der Waals surface area contributed by atoms with E-state index in [1.165, 1.54) is 6.07 Å². The van der Waals surface area contributed by atoms with E-state index in [2.05, 4.69) is 0 Å². The van der Waals surface area contributed by atoms with E-state index >= 15 is 0 Å². The van der Waals surface area contributed by atoms with Crippen LogP contribution in [0.3, 0.4) is 0 Å². The van der Waals surface area contributed by atoms with Gasteiger partial charge in [-0.2, -0.15) is 0 Å². The van der Waals surface area contributed by atoms with Crippen LogP contribution in [0, 0.1) is 17.5 Å². The summed E-state index contributed by atoms with van der Waals surface area (Å²) in [7, 11) is 0. The summed E-state index contributed by atoms with van der Waals surface area (Å²) in [4.78, 5) is 11.2. The largest absolute Gasteiger partial charge is 0.485 e. The van der Waals surface area contributed by atoms with Gasteiger partial charge in [0.1, 0.15) is 17.7 Å². The number of fused-ring (bicyclic) bond motifs is 1. The number of hydrogen-bond acceptors (Lipinski definition) is 2. The van der Waals surface area contributed by atoms with Gasteiger partial charge in [-0.05, 0) is 59.9 Å². The summed E-state index contributed by atoms with van der Waals surface area (Å²) in [6, 6.07) is 13.4. The van der Waals surface area contributed by atoms with Crippen molar-refractivity contribution in [2.45, 2.75) is 18.9 Å². The molecule has 1 N–H and O–H groups in total. The van der Waals surface area contributed by atoms with E-state index in [0.29, 0.717) is 24.7 Å². The molecular weight excluding hydrogens is 369 g/mol. The van der Waals surface area contributed by atoms with Crippen molar-refractivity contribution in [2.75, 3.05) is 0 Å². The van der Waals surface area contributed by atoms with Crippen LogP contribution in [-0.4, -0.2) is 11.1 Å². The van der Waals surface area contributed by atoms with Crippen molar-refractivity contribution < 1.29 is 27.8 Å². The Labute approximate surface area is 159 Å². The number of carboxylic acid groups (broad SMARTS) is 1. The molecule has 0 radical (unpaired) electrons. The molecule has 0 fully saturated rings. The van der Waals surface area contributed by atoms with Crippen molar-refractivity contribution >= 4 is 5.97 Å². The Morgan fingerprint density at radius 3 is 2.46 bits per heavy atom. The minimum Gasteiger partial charge on any atom is -0.485 e. The van der Waals surface area contributed by atoms with E-state index in [-0.39, 0.29) is 11.1 Å². The number of rotatable bonds is 3. The fourth-order valence-corrected chi connectivity index (χ4v) is 3.40. The summed E-state index contributed by atoms with van der Waals surface area (Å²) in [6.07, 6.45) is 0.266. The van der Waals surface area contributed by atoms with E-state index in [4.69, 9.17) is 9.84 Å². The molecular formula is C22H15F3O3. The molecule has 3 nitrogen and oxygen atoms in total. The standard InChI is InChI=1S/C22H15F3O3/c23-17-11-19(25)18(24)10-16(17)21-7-5-14-8-13(4-6-20(14)28-21)12-2-1-3-15(9-12)22(26)27/h1-4,6,8-11,21H,5,7H2,(H,26,27). The minimum absolute atomic E-state index is 0.0113. The molecule has 4 rings (SSSR count). The Bertz CT molecular complexity index is 1080. The number of benzene rings is 3. The van der Waals surface area contributed by atoms with E-state index in [1.54, 1.807) is 24.3 Å². The van der Waals surface area contributed by atoms with Crippen LogP contribution in [-0.2, 0) is 6.42 Å². The Morgan fingerprint density at radius 1 is 0.929 bits per heavy atom. The maximum absolute atomic E-state index is 14.0. The first kappa shape index (κ1) is 18.1. The Balaban J connectivity index is 1.63. The highest BCUT2D eigenvalue weighted by atomic mass is 19.2. The molecule has 0 spiro atoms. The molecule has 142 valence electrons. The normalized spacial score (nSPS) is 15.6. The van der Waals surface area contributed by atoms with Gasteiger partial charge < -0.3 is 9.84 Å². The average molecular weight is 384 g/mol. The van der Waals surface area contributed by atoms with Crippen LogP contribution < -0.4 is 4.74 Å². The van der Waals surface area contributed by atoms with Crippen molar-refractivity contribution in [3.63, 3.8) is 0 Å². The second-order valence-corrected chi connectivity index (χ2v) is 6.64. The second-order valence-electron chi connectivity index (χ2n) is 6.64. The van der Waals surface area contributed by atoms with Gasteiger partial charge in [-0.3, -0.25) is 0 Å². The fraction of sp³-hybridized carbons (Fsp3) is 0.136. The van der Waals surface area contributed by atoms with Crippen LogP contribution in [0.25, 0.3) is 11.1 Å². The third-order valence-corrected chi connectivity index (χ3v) is 4.83. The molecule has 1 atom stereocenters. The van der Waals surface area contributed by atoms with Gasteiger partial charge >= 0.3 is 5.97 Å². The maximum atomic E-state index is 14.0. The molecule has 1 aliphatic heterocycles. The first-order valence-corrected chi connectivity index (χ1v) is 8.70. The topological polar surface area (TPSA) is 46.5 Å². The summed E-state index contributed by atoms with van der Waals surface area (Å²) in [5.41, 5.74) is 2.67. The highest BCUT2D eigenvalue weighted by Gasteiger charge is 2.25. The van der Waals surface area contributed by atoms with Gasteiger partial charge in [-0.15, -0.1) is 0 Å². The zero-order valence-electron chi connectivity index (χ0n) is 14.6. The van der Waals surface area contributed by atoms with E-state index in [0.717, 1.165) is 22.8 Å². The van der Waals surface area contributed by atoms with Crippen LogP contribution in [0.5, 0.6) is 5.75 Å². The Hall–Kier alpha value is -3.28. The zero-order chi connectivity index (χ0) is 19.8. The van der Waals surface area contributed by atoms with Crippen LogP contribution in [0.1, 0.15) is 34.0 Å². The third kappa shape index (κ3) is 3.33. The third-order valence-electron chi connectivity index (χ3n) is 4.83. The van der Waals surface area contributed by atoms with Crippen LogP contribution in [0.4, 0.5) is 13.2 Å². The molecule has 0 saturated carbocycles. The van der Waals surface area contributed by atoms with Gasteiger partial charge in [0.25, 0.3) is 0 Å². The molecule has 3 aromatic carbocycles. The summed E-state index contributed by atoms with van der Waals surface area (Å²) in [6.45, 7) is 0. The van der Waals surface area contributed by atoms with Crippen molar-refractivity contribution in [3.8, 4) is 16.9 Å². The van der Waals surface area contributed by atoms with E-state index < -0.39 is 29.5 Å². The number of aromatic carboxylic acids is 1. The molecule has 1 heterocycles. The minimum atomic E-state index is -1.23. The van der Waals surface area contributed by atoms with Gasteiger partial charge in [0.15, 0.2) is 11.6 Å². The van der Waals surface area contributed by atoms with E-state index in [9.17, 15) is 18.0 Å². The predicted molar refractivity (Wildman–Crippen MR) is 96.8 cm³/mol. The Kier molecular flexibility index (Phi) is 4.55. The number of ether oxygens (including phenoxy) is 1. The molecule has 0 aliphatic carbocycles. The lowest BCUT2D eigenvalue weighted by atomic mass is 9.94. The quantitative estimate of drug-likeness (QED) is 0.604. The highest BCUT2D eigenvalue weighted by molar-refractivity contribution is 5.89. The summed E-state index contributed by atoms with van der Waals surface area (Å²) < 4.78 is 46.5. The second kappa shape index (κ2) is 7.03. The Morgan fingerprint density at radius 2 is 1.68 bits per heavy atom. The number of aryl methyl sites for hydroxylation is 1. The zero-order valence-corrected chi connectivity index (χ0v) is 14.6. The first-order valence-electron chi connectivity index (χ1n) is 8.70. The van der Waals surface area contributed by atoms with E-state index in [1.807, 2.05) is 12.1 Å². The molecule has 6 heteroatoms. The summed E-state index contributed by atoms with van der Waals surface area (Å²) in [5.74, 6) is -3.64. The van der Waals surface area contributed by atoms with Crippen LogP contribution >= 0.6 is 0 Å². The van der Waals surface area contributed by atoms with Crippen molar-refractivity contribution in [3.05, 3.63) is 88.7 Å². The van der Waals surface area contributed by atoms with Gasteiger partial charge in [0.2, 0.25) is 0 Å². The molecule has 1 aliphatic rings. The summed E-state index contributed by atoms with van der Waals surface area (Å²) >= 11 is 0. The monoisotopic (exact) mass is 384 g/mol. The fourth-order valence-electron chi connectivity index (χ4n) is 3.40. The van der Waals surface area contributed by atoms with Crippen molar-refractivity contribution in [1.29, 1.82) is 0 Å². The smallest absolute Gasteiger partial charge is 0.335 e. The molecule has 1 unspecified atom stereocenters. The molecule has 0 amide bonds. The lowest BCUT2D eigenvalue weighted by Crippen LogP contribution is -2.17. The summed E-state index contributed by atoms with van der Waals surface area (Å²) in [5, 5.41) is 9.14. The van der Waals surface area contributed by atoms with Gasteiger partial charge in [-0.1, -0.05) is 18.2 Å². The van der Waals surface area contributed by atoms with Gasteiger partial charge in [-0.25, -0.2) is 18.0 Å². The number of carboxylic acids is 1. The van der Waals surface area contributed by atoms with Crippen molar-refractivity contribution in [1.82, 2.24) is 0 Å². The highest BCUT2D eigenvalue weighted by Crippen LogP contribution is 2.38. The molecule has 3 aromatic rings. The van der Waals surface area contributed by atoms with Crippen LogP contribution in [0.15, 0.2) is 54.6 Å². The number of halogens is 3. The molecule has 28 heavy (non-hydrogen) atoms. The molecule has 0 saturated heterocycles. The maximum Gasteiger partial charge on any atom is 0.335 e. The lowest BCUT2D eigenvalue weighted by molar-refractivity contribution is 0.0697. The predicted octanol–water partition coefficient (Wildman–Crippen LogP) is 5.54. The average Bonchev–Trinajstić information content (AvgIpc) is 2.70. The van der Waals surface area contributed by atoms with Crippen molar-refractivity contribution in [2.24, 2.45) is 0 Å². The lowest BCUT2D eigenvalue weighted by Gasteiger charge is -2.27.